The van der Waals surface area contributed by atoms with Gasteiger partial charge in [0.1, 0.15) is 5.75 Å². The van der Waals surface area contributed by atoms with E-state index in [1.807, 2.05) is 31.2 Å². The second-order valence-corrected chi connectivity index (χ2v) is 8.52. The second-order valence-electron chi connectivity index (χ2n) is 7.21. The highest BCUT2D eigenvalue weighted by atomic mass is 32.2. The van der Waals surface area contributed by atoms with Crippen LogP contribution in [-0.2, 0) is 4.79 Å². The van der Waals surface area contributed by atoms with Crippen molar-refractivity contribution in [3.05, 3.63) is 24.3 Å². The van der Waals surface area contributed by atoms with Crippen molar-refractivity contribution in [3.8, 4) is 11.4 Å². The van der Waals surface area contributed by atoms with Gasteiger partial charge in [-0.25, -0.2) is 0 Å². The van der Waals surface area contributed by atoms with Crippen molar-refractivity contribution in [2.24, 2.45) is 11.8 Å². The number of nitrogens with one attached hydrogen (secondary N) is 1. The maximum absolute atomic E-state index is 12.7. The molecule has 27 heavy (non-hydrogen) atoms. The fraction of sp³-hybridized carbons (Fsp3) is 0.579. The molecule has 1 aromatic heterocycles. The quantitative estimate of drug-likeness (QED) is 0.765. The minimum atomic E-state index is -0.280. The summed E-state index contributed by atoms with van der Waals surface area (Å²) in [6.07, 6.45) is 3.47. The van der Waals surface area contributed by atoms with Crippen LogP contribution in [0, 0.1) is 11.8 Å². The Morgan fingerprint density at radius 3 is 2.74 bits per heavy atom. The van der Waals surface area contributed by atoms with Gasteiger partial charge >= 0.3 is 0 Å². The first-order valence-electron chi connectivity index (χ1n) is 9.39. The van der Waals surface area contributed by atoms with E-state index < -0.39 is 0 Å². The normalized spacial score (nSPS) is 23.6. The molecule has 0 unspecified atom stereocenters. The molecule has 0 spiro atoms. The topological polar surface area (TPSA) is 81.9 Å². The predicted octanol–water partition coefficient (Wildman–Crippen LogP) is 3.09. The van der Waals surface area contributed by atoms with Crippen molar-refractivity contribution in [2.45, 2.75) is 56.5 Å². The summed E-state index contributed by atoms with van der Waals surface area (Å²) in [5.41, 5.74) is 0.825. The Morgan fingerprint density at radius 2 is 2.04 bits per heavy atom. The first kappa shape index (κ1) is 19.7. The van der Waals surface area contributed by atoms with Gasteiger partial charge in [-0.3, -0.25) is 4.79 Å². The van der Waals surface area contributed by atoms with Crippen molar-refractivity contribution in [1.29, 1.82) is 0 Å². The molecule has 0 bridgehead atoms. The molecule has 0 radical (unpaired) electrons. The van der Waals surface area contributed by atoms with Gasteiger partial charge in [0.2, 0.25) is 11.1 Å². The first-order valence-corrected chi connectivity index (χ1v) is 10.3. The van der Waals surface area contributed by atoms with E-state index in [4.69, 9.17) is 4.74 Å². The monoisotopic (exact) mass is 389 g/mol. The molecule has 0 saturated heterocycles. The Bertz CT molecular complexity index is 764. The highest BCUT2D eigenvalue weighted by Crippen LogP contribution is 2.30. The third-order valence-corrected chi connectivity index (χ3v) is 6.48. The van der Waals surface area contributed by atoms with E-state index in [1.165, 1.54) is 24.6 Å². The van der Waals surface area contributed by atoms with Crippen LogP contribution in [0.4, 0.5) is 0 Å². The fourth-order valence-electron chi connectivity index (χ4n) is 3.44. The summed E-state index contributed by atoms with van der Waals surface area (Å²) in [6.45, 7) is 6.39. The number of thioether (sulfide) groups is 1. The minimum absolute atomic E-state index is 0.0373. The van der Waals surface area contributed by atoms with Crippen LogP contribution in [0.1, 0.15) is 40.0 Å². The molecule has 8 heteroatoms. The number of hydrogen-bond acceptors (Lipinski definition) is 6. The van der Waals surface area contributed by atoms with E-state index >= 15 is 0 Å². The Labute approximate surface area is 164 Å². The van der Waals surface area contributed by atoms with Crippen molar-refractivity contribution in [1.82, 2.24) is 25.5 Å². The Kier molecular flexibility index (Phi) is 6.36. The zero-order chi connectivity index (χ0) is 19.4. The van der Waals surface area contributed by atoms with Crippen LogP contribution in [0.3, 0.4) is 0 Å². The number of hydrogen-bond donors (Lipinski definition) is 1. The van der Waals surface area contributed by atoms with E-state index in [0.29, 0.717) is 17.0 Å². The molecule has 1 N–H and O–H groups in total. The summed E-state index contributed by atoms with van der Waals surface area (Å²) in [6, 6.07) is 7.73. The third-order valence-electron chi connectivity index (χ3n) is 5.44. The van der Waals surface area contributed by atoms with E-state index in [2.05, 4.69) is 34.7 Å². The number of nitrogens with zero attached hydrogens (tertiary/aromatic N) is 4. The summed E-state index contributed by atoms with van der Waals surface area (Å²) in [5, 5.41) is 15.5. The molecule has 1 aromatic carbocycles. The number of methoxy groups -OCH3 is 1. The second kappa shape index (κ2) is 8.73. The summed E-state index contributed by atoms with van der Waals surface area (Å²) >= 11 is 1.36. The summed E-state index contributed by atoms with van der Waals surface area (Å²) < 4.78 is 6.82. The summed E-state index contributed by atoms with van der Waals surface area (Å²) in [7, 11) is 1.63. The van der Waals surface area contributed by atoms with E-state index in [9.17, 15) is 4.79 Å². The van der Waals surface area contributed by atoms with Crippen LogP contribution >= 0.6 is 11.8 Å². The predicted molar refractivity (Wildman–Crippen MR) is 105 cm³/mol. The average molecular weight is 390 g/mol. The number of carbonyl (C=O) groups is 1. The highest BCUT2D eigenvalue weighted by Gasteiger charge is 2.30. The third kappa shape index (κ3) is 4.61. The Balaban J connectivity index is 1.65. The molecule has 2 aromatic rings. The summed E-state index contributed by atoms with van der Waals surface area (Å²) in [5.74, 6) is 1.96. The smallest absolute Gasteiger partial charge is 0.233 e. The summed E-state index contributed by atoms with van der Waals surface area (Å²) in [4.78, 5) is 12.7. The molecule has 0 aliphatic heterocycles. The number of rotatable bonds is 6. The molecular formula is C19H27N5O2S. The first-order chi connectivity index (χ1) is 13.0. The molecule has 1 heterocycles. The van der Waals surface area contributed by atoms with Crippen LogP contribution < -0.4 is 10.1 Å². The van der Waals surface area contributed by atoms with E-state index in [1.54, 1.807) is 11.8 Å². The maximum atomic E-state index is 12.7. The molecule has 1 saturated carbocycles. The lowest BCUT2D eigenvalue weighted by atomic mass is 9.78. The number of ether oxygens (including phenoxy) is 1. The Morgan fingerprint density at radius 1 is 1.30 bits per heavy atom. The van der Waals surface area contributed by atoms with Gasteiger partial charge in [-0.2, -0.15) is 4.68 Å². The number of benzene rings is 1. The van der Waals surface area contributed by atoms with Crippen LogP contribution in [0.15, 0.2) is 29.4 Å². The van der Waals surface area contributed by atoms with E-state index in [0.717, 1.165) is 17.9 Å². The molecule has 7 nitrogen and oxygen atoms in total. The number of tetrazole rings is 1. The fourth-order valence-corrected chi connectivity index (χ4v) is 4.25. The van der Waals surface area contributed by atoms with Gasteiger partial charge in [-0.15, -0.1) is 5.10 Å². The SMILES string of the molecule is COc1ccc(-n2nnnc2S[C@H](C)C(=O)N[C@H]2CCC[C@H](C)[C@H]2C)cc1. The lowest BCUT2D eigenvalue weighted by molar-refractivity contribution is -0.121. The number of aromatic nitrogens is 4. The van der Waals surface area contributed by atoms with Crippen molar-refractivity contribution in [2.75, 3.05) is 7.11 Å². The minimum Gasteiger partial charge on any atom is -0.497 e. The molecule has 146 valence electrons. The van der Waals surface area contributed by atoms with Crippen LogP contribution in [0.2, 0.25) is 0 Å². The molecular weight excluding hydrogens is 362 g/mol. The zero-order valence-corrected chi connectivity index (χ0v) is 17.1. The lowest BCUT2D eigenvalue weighted by Crippen LogP contribution is -2.46. The van der Waals surface area contributed by atoms with Gasteiger partial charge in [0.25, 0.3) is 0 Å². The van der Waals surface area contributed by atoms with Crippen molar-refractivity contribution < 1.29 is 9.53 Å². The molecule has 1 fully saturated rings. The highest BCUT2D eigenvalue weighted by molar-refractivity contribution is 8.00. The Hall–Kier alpha value is -2.09. The van der Waals surface area contributed by atoms with Gasteiger partial charge in [0.15, 0.2) is 0 Å². The molecule has 4 atom stereocenters. The number of carbonyl (C=O) groups excluding carboxylic acids is 1. The van der Waals surface area contributed by atoms with Crippen LogP contribution in [0.25, 0.3) is 5.69 Å². The van der Waals surface area contributed by atoms with Gasteiger partial charge < -0.3 is 10.1 Å². The van der Waals surface area contributed by atoms with E-state index in [-0.39, 0.29) is 17.2 Å². The van der Waals surface area contributed by atoms with Crippen molar-refractivity contribution in [3.63, 3.8) is 0 Å². The van der Waals surface area contributed by atoms with Crippen LogP contribution in [0.5, 0.6) is 5.75 Å². The largest absolute Gasteiger partial charge is 0.497 e. The van der Waals surface area contributed by atoms with Gasteiger partial charge in [-0.05, 0) is 59.9 Å². The van der Waals surface area contributed by atoms with Gasteiger partial charge in [0, 0.05) is 6.04 Å². The molecule has 3 rings (SSSR count). The molecule has 1 amide bonds. The lowest BCUT2D eigenvalue weighted by Gasteiger charge is -2.35. The standard InChI is InChI=1S/C19H27N5O2S/c1-12-6-5-7-17(13(12)2)20-18(25)14(3)27-19-21-22-23-24(19)15-8-10-16(26-4)11-9-15/h8-14,17H,5-7H2,1-4H3,(H,20,25)/t12-,13+,14+,17-/m0/s1. The van der Waals surface area contributed by atoms with Gasteiger partial charge in [0.05, 0.1) is 18.0 Å². The van der Waals surface area contributed by atoms with Crippen molar-refractivity contribution >= 4 is 17.7 Å². The zero-order valence-electron chi connectivity index (χ0n) is 16.3. The molecule has 1 aliphatic carbocycles. The molecule has 1 aliphatic rings. The van der Waals surface area contributed by atoms with Crippen LogP contribution in [-0.4, -0.2) is 44.5 Å². The average Bonchev–Trinajstić information content (AvgIpc) is 3.13. The number of amides is 1. The van der Waals surface area contributed by atoms with Gasteiger partial charge in [-0.1, -0.05) is 38.5 Å². The maximum Gasteiger partial charge on any atom is 0.233 e.